The molecule has 0 aliphatic carbocycles. The number of hydrogen-bond donors (Lipinski definition) is 0. The number of carboxylic acids is 2. The Morgan fingerprint density at radius 3 is 1.38 bits per heavy atom. The first kappa shape index (κ1) is 10.4. The van der Waals surface area contributed by atoms with Crippen LogP contribution in [0.2, 0.25) is 0 Å². The SMILES string of the molecule is Br.O=C([O-])CC(=O)[O-]. The standard InChI is InChI=1S/C3H4O4.BrH/c4-2(5)1-3(6)7;/h1H2,(H,4,5)(H,6,7);1H/p-2. The van der Waals surface area contributed by atoms with Gasteiger partial charge in [0.2, 0.25) is 0 Å². The van der Waals surface area contributed by atoms with Crippen molar-refractivity contribution in [1.29, 1.82) is 0 Å². The van der Waals surface area contributed by atoms with Gasteiger partial charge < -0.3 is 19.8 Å². The minimum absolute atomic E-state index is 0. The molecule has 0 atom stereocenters. The van der Waals surface area contributed by atoms with Crippen LogP contribution >= 0.6 is 17.0 Å². The molecule has 8 heavy (non-hydrogen) atoms. The van der Waals surface area contributed by atoms with Crippen LogP contribution < -0.4 is 10.2 Å². The van der Waals surface area contributed by atoms with Gasteiger partial charge in [0, 0.05) is 18.4 Å². The number of hydrogen-bond acceptors (Lipinski definition) is 4. The van der Waals surface area contributed by atoms with Crippen molar-refractivity contribution in [3.8, 4) is 0 Å². The Morgan fingerprint density at radius 1 is 1.12 bits per heavy atom. The monoisotopic (exact) mass is 182 g/mol. The maximum atomic E-state index is 9.28. The van der Waals surface area contributed by atoms with Crippen molar-refractivity contribution in [3.05, 3.63) is 0 Å². The normalized spacial score (nSPS) is 7.00. The molecule has 0 aromatic rings. The molecule has 0 bridgehead atoms. The predicted molar refractivity (Wildman–Crippen MR) is 25.0 cm³/mol. The Bertz CT molecular complexity index is 87.5. The zero-order valence-corrected chi connectivity index (χ0v) is 5.46. The zero-order valence-electron chi connectivity index (χ0n) is 3.75. The second kappa shape index (κ2) is 4.58. The smallest absolute Gasteiger partial charge is 0.0470 e. The van der Waals surface area contributed by atoms with Gasteiger partial charge in [-0.3, -0.25) is 0 Å². The summed E-state index contributed by atoms with van der Waals surface area (Å²) in [4.78, 5) is 18.6. The molecule has 0 unspecified atom stereocenters. The van der Waals surface area contributed by atoms with Gasteiger partial charge in [-0.1, -0.05) is 0 Å². The van der Waals surface area contributed by atoms with Crippen molar-refractivity contribution in [2.45, 2.75) is 6.42 Å². The third-order valence-electron chi connectivity index (χ3n) is 0.289. The van der Waals surface area contributed by atoms with E-state index in [0.717, 1.165) is 0 Å². The molecule has 0 N–H and O–H groups in total. The lowest BCUT2D eigenvalue weighted by atomic mass is 10.5. The number of rotatable bonds is 2. The highest BCUT2D eigenvalue weighted by molar-refractivity contribution is 8.93. The fraction of sp³-hybridized carbons (Fsp3) is 0.333. The zero-order chi connectivity index (χ0) is 5.86. The van der Waals surface area contributed by atoms with Crippen LogP contribution in [0.5, 0.6) is 0 Å². The fourth-order valence-electron chi connectivity index (χ4n) is 0.118. The average molecular weight is 183 g/mol. The maximum absolute atomic E-state index is 9.28. The van der Waals surface area contributed by atoms with Crippen LogP contribution in [0.1, 0.15) is 6.42 Å². The Hall–Kier alpha value is -0.580. The molecule has 0 aromatic carbocycles. The Balaban J connectivity index is 0. The second-order valence-corrected chi connectivity index (χ2v) is 0.921. The van der Waals surface area contributed by atoms with Crippen LogP contribution in [-0.4, -0.2) is 11.9 Å². The first-order valence-electron chi connectivity index (χ1n) is 1.52. The quantitative estimate of drug-likeness (QED) is 0.441. The molecule has 0 fully saturated rings. The summed E-state index contributed by atoms with van der Waals surface area (Å²) in [7, 11) is 0. The van der Waals surface area contributed by atoms with Crippen molar-refractivity contribution in [2.24, 2.45) is 0 Å². The number of aliphatic carboxylic acids is 2. The molecule has 0 rings (SSSR count). The molecule has 5 heteroatoms. The van der Waals surface area contributed by atoms with E-state index in [4.69, 9.17) is 0 Å². The molecule has 0 radical (unpaired) electrons. The van der Waals surface area contributed by atoms with Gasteiger partial charge >= 0.3 is 0 Å². The molecule has 0 amide bonds. The second-order valence-electron chi connectivity index (χ2n) is 0.921. The van der Waals surface area contributed by atoms with E-state index in [0.29, 0.717) is 0 Å². The number of carboxylic acid groups (broad SMARTS) is 2. The molecule has 0 heterocycles. The summed E-state index contributed by atoms with van der Waals surface area (Å²) < 4.78 is 0. The molecule has 48 valence electrons. The van der Waals surface area contributed by atoms with Gasteiger partial charge in [0.05, 0.1) is 0 Å². The van der Waals surface area contributed by atoms with Gasteiger partial charge in [0.1, 0.15) is 0 Å². The van der Waals surface area contributed by atoms with E-state index in [1.807, 2.05) is 0 Å². The van der Waals surface area contributed by atoms with Crippen LogP contribution in [0.25, 0.3) is 0 Å². The molecule has 0 saturated carbocycles. The molecule has 0 aliphatic heterocycles. The summed E-state index contributed by atoms with van der Waals surface area (Å²) >= 11 is 0. The van der Waals surface area contributed by atoms with E-state index in [9.17, 15) is 19.8 Å². The molecule has 0 saturated heterocycles. The van der Waals surface area contributed by atoms with Crippen molar-refractivity contribution in [3.63, 3.8) is 0 Å². The number of halogens is 1. The van der Waals surface area contributed by atoms with E-state index in [-0.39, 0.29) is 17.0 Å². The van der Waals surface area contributed by atoms with E-state index < -0.39 is 18.4 Å². The molecular formula is C3H3BrO4-2. The first-order chi connectivity index (χ1) is 3.13. The van der Waals surface area contributed by atoms with Crippen LogP contribution in [-0.2, 0) is 9.59 Å². The lowest BCUT2D eigenvalue weighted by Crippen LogP contribution is -2.32. The van der Waals surface area contributed by atoms with Gasteiger partial charge in [0.25, 0.3) is 0 Å². The van der Waals surface area contributed by atoms with E-state index >= 15 is 0 Å². The minimum Gasteiger partial charge on any atom is -0.550 e. The molecule has 0 spiro atoms. The predicted octanol–water partition coefficient (Wildman–Crippen LogP) is -2.55. The van der Waals surface area contributed by atoms with Gasteiger partial charge in [-0.05, 0) is 0 Å². The summed E-state index contributed by atoms with van der Waals surface area (Å²) in [6, 6.07) is 0. The number of carbonyl (C=O) groups is 2. The van der Waals surface area contributed by atoms with Crippen LogP contribution in [0.4, 0.5) is 0 Å². The van der Waals surface area contributed by atoms with Crippen molar-refractivity contribution < 1.29 is 19.8 Å². The largest absolute Gasteiger partial charge is 0.550 e. The van der Waals surface area contributed by atoms with Crippen LogP contribution in [0, 0.1) is 0 Å². The number of carbonyl (C=O) groups excluding carboxylic acids is 2. The van der Waals surface area contributed by atoms with Gasteiger partial charge in [-0.2, -0.15) is 0 Å². The van der Waals surface area contributed by atoms with E-state index in [1.165, 1.54) is 0 Å². The summed E-state index contributed by atoms with van der Waals surface area (Å²) in [6.45, 7) is 0. The summed E-state index contributed by atoms with van der Waals surface area (Å²) in [5.41, 5.74) is 0. The summed E-state index contributed by atoms with van der Waals surface area (Å²) in [6.07, 6.45) is -1.03. The third kappa shape index (κ3) is 9.05. The average Bonchev–Trinajstić information content (AvgIpc) is 1.27. The van der Waals surface area contributed by atoms with Crippen LogP contribution in [0.3, 0.4) is 0 Å². The topological polar surface area (TPSA) is 80.3 Å². The minimum atomic E-state index is -1.63. The Kier molecular flexibility index (Phi) is 5.95. The fourth-order valence-corrected chi connectivity index (χ4v) is 0.118. The van der Waals surface area contributed by atoms with E-state index in [1.54, 1.807) is 0 Å². The van der Waals surface area contributed by atoms with Gasteiger partial charge in [-0.25, -0.2) is 0 Å². The summed E-state index contributed by atoms with van der Waals surface area (Å²) in [5, 5.41) is 18.6. The first-order valence-corrected chi connectivity index (χ1v) is 1.52. The maximum Gasteiger partial charge on any atom is 0.0470 e. The highest BCUT2D eigenvalue weighted by Crippen LogP contribution is 1.66. The highest BCUT2D eigenvalue weighted by Gasteiger charge is 1.81. The van der Waals surface area contributed by atoms with Gasteiger partial charge in [-0.15, -0.1) is 17.0 Å². The molecule has 4 nitrogen and oxygen atoms in total. The lowest BCUT2D eigenvalue weighted by Gasteiger charge is -1.99. The lowest BCUT2D eigenvalue weighted by molar-refractivity contribution is -0.322. The molecule has 0 aromatic heterocycles. The van der Waals surface area contributed by atoms with Crippen molar-refractivity contribution in [1.82, 2.24) is 0 Å². The third-order valence-corrected chi connectivity index (χ3v) is 0.289. The highest BCUT2D eigenvalue weighted by atomic mass is 79.9. The Labute approximate surface area is 55.9 Å². The van der Waals surface area contributed by atoms with E-state index in [2.05, 4.69) is 0 Å². The van der Waals surface area contributed by atoms with Crippen LogP contribution in [0.15, 0.2) is 0 Å². The van der Waals surface area contributed by atoms with Crippen molar-refractivity contribution >= 4 is 28.9 Å². The van der Waals surface area contributed by atoms with Gasteiger partial charge in [0.15, 0.2) is 0 Å². The van der Waals surface area contributed by atoms with Crippen molar-refractivity contribution in [2.75, 3.05) is 0 Å². The summed E-state index contributed by atoms with van der Waals surface area (Å²) in [5.74, 6) is -3.25. The Morgan fingerprint density at radius 2 is 1.38 bits per heavy atom. The molecular weight excluding hydrogens is 180 g/mol. The molecule has 0 aliphatic rings.